The van der Waals surface area contributed by atoms with Crippen molar-refractivity contribution in [1.29, 1.82) is 0 Å². The monoisotopic (exact) mass is 460 g/mol. The van der Waals surface area contributed by atoms with Crippen molar-refractivity contribution in [3.8, 4) is 28.0 Å². The molecule has 3 aromatic carbocycles. The van der Waals surface area contributed by atoms with E-state index in [0.29, 0.717) is 12.2 Å². The Labute approximate surface area is 201 Å². The Morgan fingerprint density at radius 2 is 1.15 bits per heavy atom. The summed E-state index contributed by atoms with van der Waals surface area (Å²) < 4.78 is 0. The summed E-state index contributed by atoms with van der Waals surface area (Å²) in [4.78, 5) is 12.3. The van der Waals surface area contributed by atoms with Crippen molar-refractivity contribution < 1.29 is 9.90 Å². The minimum atomic E-state index is -0.306. The van der Waals surface area contributed by atoms with Gasteiger partial charge in [0, 0.05) is 23.2 Å². The largest absolute Gasteiger partial charge is 0.507 e. The lowest BCUT2D eigenvalue weighted by Crippen LogP contribution is -2.22. The molecule has 0 spiro atoms. The summed E-state index contributed by atoms with van der Waals surface area (Å²) in [7, 11) is 2.93. The molecule has 2 atom stereocenters. The van der Waals surface area contributed by atoms with E-state index in [0.717, 1.165) is 38.9 Å². The van der Waals surface area contributed by atoms with Gasteiger partial charge in [0.25, 0.3) is 0 Å². The highest BCUT2D eigenvalue weighted by atomic mass is 31.0. The van der Waals surface area contributed by atoms with Crippen molar-refractivity contribution in [2.75, 3.05) is 0 Å². The number of carbonyl (C=O) groups excluding carboxylic acids is 1. The number of carbonyl (C=O) groups is 1. The number of rotatable bonds is 5. The number of benzene rings is 3. The average Bonchev–Trinajstić information content (AvgIpc) is 2.71. The van der Waals surface area contributed by atoms with E-state index in [1.165, 1.54) is 0 Å². The topological polar surface area (TPSA) is 37.3 Å². The van der Waals surface area contributed by atoms with Gasteiger partial charge < -0.3 is 5.11 Å². The molecule has 0 heterocycles. The fraction of sp³-hybridized carbons (Fsp3) is 0.367. The molecule has 0 aliphatic heterocycles. The number of hydrogen-bond donors (Lipinski definition) is 1. The number of phenolic OH excluding ortho intramolecular Hbond substituents is 1. The van der Waals surface area contributed by atoms with E-state index in [1.807, 2.05) is 36.4 Å². The molecule has 0 saturated heterocycles. The number of hydrogen-bond acceptors (Lipinski definition) is 2. The van der Waals surface area contributed by atoms with Gasteiger partial charge in [-0.25, -0.2) is 0 Å². The molecule has 1 N–H and O–H groups in total. The quantitative estimate of drug-likeness (QED) is 0.390. The molecule has 3 rings (SSSR count). The maximum Gasteiger partial charge on any atom is 0.130 e. The van der Waals surface area contributed by atoms with Gasteiger partial charge in [0.2, 0.25) is 0 Å². The van der Waals surface area contributed by atoms with Gasteiger partial charge in [0.15, 0.2) is 0 Å². The molecule has 0 amide bonds. The first kappa shape index (κ1) is 25.2. The number of ketones is 1. The Morgan fingerprint density at radius 3 is 1.45 bits per heavy atom. The van der Waals surface area contributed by atoms with Crippen molar-refractivity contribution in [3.05, 3.63) is 77.4 Å². The van der Waals surface area contributed by atoms with E-state index < -0.39 is 0 Å². The summed E-state index contributed by atoms with van der Waals surface area (Å²) in [5, 5.41) is 12.0. The van der Waals surface area contributed by atoms with Crippen LogP contribution in [0.1, 0.15) is 77.2 Å². The van der Waals surface area contributed by atoms with E-state index in [1.54, 1.807) is 6.92 Å². The highest BCUT2D eigenvalue weighted by molar-refractivity contribution is 7.17. The number of Topliss-reactive ketones (excluding diaryl/α,β-unsaturated/α-hetero) is 1. The predicted molar refractivity (Wildman–Crippen MR) is 144 cm³/mol. The van der Waals surface area contributed by atoms with E-state index >= 15 is 0 Å². The van der Waals surface area contributed by atoms with Crippen LogP contribution in [-0.4, -0.2) is 10.9 Å². The molecular formula is C30H37O2P. The first-order chi connectivity index (χ1) is 15.3. The van der Waals surface area contributed by atoms with Crippen LogP contribution in [0.25, 0.3) is 22.3 Å². The summed E-state index contributed by atoms with van der Waals surface area (Å²) in [5.74, 6) is 0.507. The van der Waals surface area contributed by atoms with Gasteiger partial charge in [-0.05, 0) is 45.6 Å². The van der Waals surface area contributed by atoms with Gasteiger partial charge >= 0.3 is 0 Å². The molecule has 0 bridgehead atoms. The van der Waals surface area contributed by atoms with Crippen LogP contribution >= 0.6 is 9.24 Å². The molecule has 2 nitrogen and oxygen atoms in total. The van der Waals surface area contributed by atoms with Crippen LogP contribution in [0, 0.1) is 0 Å². The summed E-state index contributed by atoms with van der Waals surface area (Å²) in [6.07, 6.45) is 0.419. The van der Waals surface area contributed by atoms with Gasteiger partial charge in [0.05, 0.1) is 0 Å². The highest BCUT2D eigenvalue weighted by Gasteiger charge is 2.36. The summed E-state index contributed by atoms with van der Waals surface area (Å²) in [6.45, 7) is 14.5. The summed E-state index contributed by atoms with van der Waals surface area (Å²) >= 11 is 0. The minimum absolute atomic E-state index is 0.0873. The summed E-state index contributed by atoms with van der Waals surface area (Å²) in [5.41, 5.74) is 6.47. The Balaban J connectivity index is 2.66. The first-order valence-corrected chi connectivity index (χ1v) is 12.3. The Hall–Kier alpha value is -2.44. The van der Waals surface area contributed by atoms with Crippen LogP contribution in [0.2, 0.25) is 0 Å². The normalized spacial score (nSPS) is 13.1. The Bertz CT molecular complexity index is 1060. The standard InChI is InChI=1S/C30H37O2P/c1-19(31)18-22(33)25-23(20-14-10-8-11-15-20)26(29(2,3)4)28(32)27(30(5,6)7)24(25)21-16-12-9-13-17-21/h8-17,22,32H,18,33H2,1-7H3. The molecule has 0 aliphatic rings. The summed E-state index contributed by atoms with van der Waals surface area (Å²) in [6, 6.07) is 20.6. The fourth-order valence-electron chi connectivity index (χ4n) is 4.81. The van der Waals surface area contributed by atoms with Crippen LogP contribution in [0.3, 0.4) is 0 Å². The van der Waals surface area contributed by atoms with E-state index in [4.69, 9.17) is 0 Å². The molecule has 0 aromatic heterocycles. The maximum absolute atomic E-state index is 12.3. The predicted octanol–water partition coefficient (Wildman–Crippen LogP) is 8.22. The minimum Gasteiger partial charge on any atom is -0.507 e. The lowest BCUT2D eigenvalue weighted by molar-refractivity contribution is -0.117. The van der Waals surface area contributed by atoms with E-state index in [2.05, 4.69) is 75.0 Å². The van der Waals surface area contributed by atoms with Gasteiger partial charge in [-0.2, -0.15) is 0 Å². The van der Waals surface area contributed by atoms with Crippen LogP contribution in [-0.2, 0) is 15.6 Å². The Morgan fingerprint density at radius 1 is 0.788 bits per heavy atom. The van der Waals surface area contributed by atoms with Crippen LogP contribution < -0.4 is 0 Å². The highest BCUT2D eigenvalue weighted by Crippen LogP contribution is 2.54. The first-order valence-electron chi connectivity index (χ1n) is 11.6. The second kappa shape index (κ2) is 9.43. The van der Waals surface area contributed by atoms with E-state index in [-0.39, 0.29) is 22.3 Å². The van der Waals surface area contributed by atoms with Crippen molar-refractivity contribution in [2.45, 2.75) is 71.4 Å². The van der Waals surface area contributed by atoms with Crippen molar-refractivity contribution in [1.82, 2.24) is 0 Å². The lowest BCUT2D eigenvalue weighted by atomic mass is 9.70. The molecule has 0 aliphatic carbocycles. The zero-order valence-electron chi connectivity index (χ0n) is 21.0. The zero-order chi connectivity index (χ0) is 24.6. The van der Waals surface area contributed by atoms with Crippen LogP contribution in [0.15, 0.2) is 60.7 Å². The third-order valence-electron chi connectivity index (χ3n) is 6.02. The third-order valence-corrected chi connectivity index (χ3v) is 6.58. The van der Waals surface area contributed by atoms with E-state index in [9.17, 15) is 9.90 Å². The smallest absolute Gasteiger partial charge is 0.130 e. The van der Waals surface area contributed by atoms with Gasteiger partial charge in [-0.1, -0.05) is 102 Å². The molecule has 0 radical (unpaired) electrons. The number of aromatic hydroxyl groups is 1. The molecule has 174 valence electrons. The third kappa shape index (κ3) is 5.22. The van der Waals surface area contributed by atoms with Gasteiger partial charge in [-0.3, -0.25) is 4.79 Å². The van der Waals surface area contributed by atoms with Gasteiger partial charge in [0.1, 0.15) is 11.5 Å². The van der Waals surface area contributed by atoms with Crippen molar-refractivity contribution in [3.63, 3.8) is 0 Å². The number of phenols is 1. The Kier molecular flexibility index (Phi) is 7.20. The maximum atomic E-state index is 12.3. The SMILES string of the molecule is CC(=O)CC(P)c1c(-c2ccccc2)c(C(C)(C)C)c(O)c(C(C)(C)C)c1-c1ccccc1. The molecular weight excluding hydrogens is 423 g/mol. The lowest BCUT2D eigenvalue weighted by Gasteiger charge is -2.36. The molecule has 0 fully saturated rings. The van der Waals surface area contributed by atoms with Crippen LogP contribution in [0.5, 0.6) is 5.75 Å². The second-order valence-electron chi connectivity index (χ2n) is 11.0. The van der Waals surface area contributed by atoms with Crippen molar-refractivity contribution in [2.24, 2.45) is 0 Å². The van der Waals surface area contributed by atoms with Gasteiger partial charge in [-0.15, -0.1) is 9.24 Å². The zero-order valence-corrected chi connectivity index (χ0v) is 22.1. The van der Waals surface area contributed by atoms with Crippen molar-refractivity contribution >= 4 is 15.0 Å². The molecule has 33 heavy (non-hydrogen) atoms. The average molecular weight is 461 g/mol. The second-order valence-corrected chi connectivity index (χ2v) is 11.8. The molecule has 3 heteroatoms. The molecule has 3 aromatic rings. The fourth-order valence-corrected chi connectivity index (χ4v) is 5.47. The van der Waals surface area contributed by atoms with Crippen LogP contribution in [0.4, 0.5) is 0 Å². The molecule has 0 saturated carbocycles. The molecule has 2 unspecified atom stereocenters.